The van der Waals surface area contributed by atoms with Crippen LogP contribution in [0.5, 0.6) is 5.75 Å². The predicted molar refractivity (Wildman–Crippen MR) is 118 cm³/mol. The van der Waals surface area contributed by atoms with Gasteiger partial charge in [0.25, 0.3) is 5.91 Å². The zero-order chi connectivity index (χ0) is 21.3. The summed E-state index contributed by atoms with van der Waals surface area (Å²) < 4.78 is 5.32. The number of benzene rings is 1. The lowest BCUT2D eigenvalue weighted by Crippen LogP contribution is -2.14. The van der Waals surface area contributed by atoms with Crippen LogP contribution >= 0.6 is 34.5 Å². The maximum absolute atomic E-state index is 13.0. The quantitative estimate of drug-likeness (QED) is 0.316. The molecule has 150 valence electrons. The lowest BCUT2D eigenvalue weighted by Gasteiger charge is -2.12. The molecule has 0 aliphatic carbocycles. The number of amides is 1. The first-order valence-corrected chi connectivity index (χ1v) is 10.2. The normalized spacial score (nSPS) is 10.8. The summed E-state index contributed by atoms with van der Waals surface area (Å²) >= 11 is 13.1. The van der Waals surface area contributed by atoms with E-state index in [-0.39, 0.29) is 21.7 Å². The topological polar surface area (TPSA) is 81.2 Å². The second kappa shape index (κ2) is 8.39. The van der Waals surface area contributed by atoms with Gasteiger partial charge < -0.3 is 10.1 Å². The van der Waals surface area contributed by atoms with E-state index in [1.54, 1.807) is 30.5 Å². The van der Waals surface area contributed by atoms with Gasteiger partial charge in [0, 0.05) is 17.1 Å². The fraction of sp³-hybridized carbons (Fsp3) is 0.0476. The molecular formula is C21H13Cl2N3O3S. The lowest BCUT2D eigenvalue weighted by atomic mass is 10.1. The van der Waals surface area contributed by atoms with Crippen LogP contribution in [-0.4, -0.2) is 28.8 Å². The smallest absolute Gasteiger partial charge is 0.258 e. The number of fused-ring (bicyclic) bond motifs is 1. The van der Waals surface area contributed by atoms with Crippen molar-refractivity contribution in [2.45, 2.75) is 0 Å². The van der Waals surface area contributed by atoms with Crippen LogP contribution in [0.15, 0.2) is 54.7 Å². The number of hydrogen-bond donors (Lipinski definition) is 1. The van der Waals surface area contributed by atoms with Gasteiger partial charge >= 0.3 is 0 Å². The van der Waals surface area contributed by atoms with Crippen LogP contribution in [0, 0.1) is 0 Å². The highest BCUT2D eigenvalue weighted by atomic mass is 35.5. The molecule has 0 aliphatic heterocycles. The van der Waals surface area contributed by atoms with Crippen LogP contribution in [-0.2, 0) is 0 Å². The van der Waals surface area contributed by atoms with Crippen molar-refractivity contribution in [1.82, 2.24) is 9.97 Å². The number of pyridine rings is 2. The first-order chi connectivity index (χ1) is 14.5. The molecule has 1 aromatic carbocycles. The van der Waals surface area contributed by atoms with E-state index in [0.29, 0.717) is 21.9 Å². The summed E-state index contributed by atoms with van der Waals surface area (Å²) in [5.41, 5.74) is 0.881. The van der Waals surface area contributed by atoms with Crippen LogP contribution in [0.3, 0.4) is 0 Å². The number of methoxy groups -OCH3 is 1. The number of ketones is 1. The highest BCUT2D eigenvalue weighted by Crippen LogP contribution is 2.30. The molecule has 0 unspecified atom stereocenters. The molecule has 3 heterocycles. The van der Waals surface area contributed by atoms with E-state index in [0.717, 1.165) is 10.2 Å². The van der Waals surface area contributed by atoms with Gasteiger partial charge in [0.05, 0.1) is 23.2 Å². The SMILES string of the molecule is COc1ccc(C(=O)c2cc3cccnc3s2)cc1NC(=O)c1ccc(Cl)nc1Cl. The first-order valence-electron chi connectivity index (χ1n) is 8.67. The molecule has 0 saturated carbocycles. The summed E-state index contributed by atoms with van der Waals surface area (Å²) in [6.45, 7) is 0. The van der Waals surface area contributed by atoms with Crippen LogP contribution < -0.4 is 10.1 Å². The van der Waals surface area contributed by atoms with Crippen molar-refractivity contribution < 1.29 is 14.3 Å². The number of carbonyl (C=O) groups is 2. The third kappa shape index (κ3) is 4.00. The number of hydrogen-bond acceptors (Lipinski definition) is 6. The van der Waals surface area contributed by atoms with Gasteiger partial charge in [-0.25, -0.2) is 9.97 Å². The lowest BCUT2D eigenvalue weighted by molar-refractivity contribution is 0.102. The van der Waals surface area contributed by atoms with Gasteiger partial charge in [0.2, 0.25) is 5.78 Å². The highest BCUT2D eigenvalue weighted by Gasteiger charge is 2.18. The van der Waals surface area contributed by atoms with Crippen molar-refractivity contribution in [2.24, 2.45) is 0 Å². The standard InChI is InChI=1S/C21H13Cl2N3O3S/c1-29-15-6-4-11(18(27)16-10-12-3-2-8-24-21(12)30-16)9-14(15)25-20(28)13-5-7-17(22)26-19(13)23/h2-10H,1H3,(H,25,28). The largest absolute Gasteiger partial charge is 0.495 e. The number of halogens is 2. The molecule has 4 rings (SSSR count). The molecule has 6 nitrogen and oxygen atoms in total. The maximum Gasteiger partial charge on any atom is 0.258 e. The minimum Gasteiger partial charge on any atom is -0.495 e. The van der Waals surface area contributed by atoms with E-state index in [1.807, 2.05) is 12.1 Å². The maximum atomic E-state index is 13.0. The molecule has 0 saturated heterocycles. The second-order valence-electron chi connectivity index (χ2n) is 6.18. The third-order valence-electron chi connectivity index (χ3n) is 4.29. The number of aromatic nitrogens is 2. The molecule has 0 spiro atoms. The molecule has 0 radical (unpaired) electrons. The van der Waals surface area contributed by atoms with Gasteiger partial charge in [-0.05, 0) is 42.5 Å². The Bertz CT molecular complexity index is 1260. The molecule has 9 heteroatoms. The van der Waals surface area contributed by atoms with E-state index < -0.39 is 5.91 Å². The molecule has 0 aliphatic rings. The highest BCUT2D eigenvalue weighted by molar-refractivity contribution is 7.20. The average Bonchev–Trinajstić information content (AvgIpc) is 3.17. The Hall–Kier alpha value is -3.00. The Morgan fingerprint density at radius 3 is 2.67 bits per heavy atom. The monoisotopic (exact) mass is 457 g/mol. The summed E-state index contributed by atoms with van der Waals surface area (Å²) in [6.07, 6.45) is 1.69. The number of nitrogens with one attached hydrogen (secondary N) is 1. The van der Waals surface area contributed by atoms with Crippen molar-refractivity contribution in [3.8, 4) is 5.75 Å². The van der Waals surface area contributed by atoms with Crippen LogP contribution in [0.2, 0.25) is 10.3 Å². The number of rotatable bonds is 5. The first kappa shape index (κ1) is 20.3. The Balaban J connectivity index is 1.66. The molecule has 1 amide bonds. The zero-order valence-electron chi connectivity index (χ0n) is 15.5. The number of carbonyl (C=O) groups excluding carboxylic acids is 2. The molecule has 4 aromatic rings. The van der Waals surface area contributed by atoms with Gasteiger partial charge in [-0.1, -0.05) is 29.3 Å². The Morgan fingerprint density at radius 2 is 1.93 bits per heavy atom. The van der Waals surface area contributed by atoms with Gasteiger partial charge in [0.15, 0.2) is 0 Å². The van der Waals surface area contributed by atoms with E-state index in [2.05, 4.69) is 15.3 Å². The van der Waals surface area contributed by atoms with Crippen LogP contribution in [0.25, 0.3) is 10.2 Å². The summed E-state index contributed by atoms with van der Waals surface area (Å²) in [4.78, 5) is 35.1. The van der Waals surface area contributed by atoms with Crippen LogP contribution in [0.1, 0.15) is 25.6 Å². The van der Waals surface area contributed by atoms with Crippen LogP contribution in [0.4, 0.5) is 5.69 Å². The van der Waals surface area contributed by atoms with E-state index >= 15 is 0 Å². The number of anilines is 1. The van der Waals surface area contributed by atoms with Gasteiger partial charge in [-0.15, -0.1) is 11.3 Å². The fourth-order valence-corrected chi connectivity index (χ4v) is 4.24. The predicted octanol–water partition coefficient (Wildman–Crippen LogP) is 5.49. The third-order valence-corrected chi connectivity index (χ3v) is 5.84. The molecule has 30 heavy (non-hydrogen) atoms. The van der Waals surface area contributed by atoms with E-state index in [9.17, 15) is 9.59 Å². The molecule has 0 fully saturated rings. The summed E-state index contributed by atoms with van der Waals surface area (Å²) in [6, 6.07) is 13.3. The van der Waals surface area contributed by atoms with E-state index in [1.165, 1.54) is 30.6 Å². The van der Waals surface area contributed by atoms with Crippen molar-refractivity contribution in [1.29, 1.82) is 0 Å². The van der Waals surface area contributed by atoms with E-state index in [4.69, 9.17) is 27.9 Å². The average molecular weight is 458 g/mol. The number of thiophene rings is 1. The van der Waals surface area contributed by atoms with Gasteiger partial charge in [-0.2, -0.15) is 0 Å². The van der Waals surface area contributed by atoms with Gasteiger partial charge in [0.1, 0.15) is 20.9 Å². The van der Waals surface area contributed by atoms with Crippen molar-refractivity contribution in [3.63, 3.8) is 0 Å². The molecule has 3 aromatic heterocycles. The second-order valence-corrected chi connectivity index (χ2v) is 7.95. The minimum absolute atomic E-state index is 0.0241. The minimum atomic E-state index is -0.502. The number of ether oxygens (including phenoxy) is 1. The molecule has 1 N–H and O–H groups in total. The summed E-state index contributed by atoms with van der Waals surface area (Å²) in [5.74, 6) is -0.281. The summed E-state index contributed by atoms with van der Waals surface area (Å²) in [5, 5.41) is 3.78. The molecular weight excluding hydrogens is 445 g/mol. The van der Waals surface area contributed by atoms with Crippen molar-refractivity contribution >= 4 is 62.1 Å². The molecule has 0 bridgehead atoms. The number of nitrogens with zero attached hydrogens (tertiary/aromatic N) is 2. The molecule has 0 atom stereocenters. The fourth-order valence-electron chi connectivity index (χ4n) is 2.85. The van der Waals surface area contributed by atoms with Gasteiger partial charge in [-0.3, -0.25) is 9.59 Å². The Kier molecular flexibility index (Phi) is 5.67. The Labute approximate surface area is 185 Å². The van der Waals surface area contributed by atoms with Crippen molar-refractivity contribution in [3.05, 3.63) is 81.0 Å². The summed E-state index contributed by atoms with van der Waals surface area (Å²) in [7, 11) is 1.47. The van der Waals surface area contributed by atoms with Crippen molar-refractivity contribution in [2.75, 3.05) is 12.4 Å². The zero-order valence-corrected chi connectivity index (χ0v) is 17.8. The Morgan fingerprint density at radius 1 is 1.10 bits per heavy atom.